The molecule has 0 amide bonds. The molecule has 0 saturated carbocycles. The maximum absolute atomic E-state index is 7.44. The number of amidine groups is 1. The van der Waals surface area contributed by atoms with Crippen LogP contribution in [0.3, 0.4) is 0 Å². The smallest absolute Gasteiger partial charge is 0.132 e. The molecule has 0 saturated heterocycles. The summed E-state index contributed by atoms with van der Waals surface area (Å²) in [5, 5.41) is 7.44. The Labute approximate surface area is 98.3 Å². The van der Waals surface area contributed by atoms with Crippen LogP contribution in [-0.2, 0) is 0 Å². The molecule has 0 aliphatic heterocycles. The van der Waals surface area contributed by atoms with Gasteiger partial charge in [-0.25, -0.2) is 0 Å². The Morgan fingerprint density at radius 3 is 2.47 bits per heavy atom. The highest BCUT2D eigenvalue weighted by molar-refractivity contribution is 9.10. The van der Waals surface area contributed by atoms with Crippen LogP contribution >= 0.6 is 15.9 Å². The maximum atomic E-state index is 7.44. The fourth-order valence-corrected chi connectivity index (χ4v) is 1.47. The zero-order valence-corrected chi connectivity index (χ0v) is 10.7. The minimum atomic E-state index is -0.301. The maximum Gasteiger partial charge on any atom is 0.132 e. The molecule has 0 aromatic heterocycles. The fraction of sp³-hybridized carbons (Fsp3) is 0.364. The van der Waals surface area contributed by atoms with Gasteiger partial charge in [-0.2, -0.15) is 0 Å². The van der Waals surface area contributed by atoms with Crippen molar-refractivity contribution < 1.29 is 4.74 Å². The summed E-state index contributed by atoms with van der Waals surface area (Å²) in [7, 11) is 0. The molecule has 0 atom stereocenters. The Kier molecular flexibility index (Phi) is 3.39. The quantitative estimate of drug-likeness (QED) is 0.641. The van der Waals surface area contributed by atoms with E-state index >= 15 is 0 Å². The number of benzene rings is 1. The molecular formula is C11H15BrN2O. The van der Waals surface area contributed by atoms with Crippen LogP contribution in [0.25, 0.3) is 0 Å². The molecular weight excluding hydrogens is 256 g/mol. The van der Waals surface area contributed by atoms with E-state index in [1.165, 1.54) is 0 Å². The first kappa shape index (κ1) is 12.0. The summed E-state index contributed by atoms with van der Waals surface area (Å²) in [5.74, 6) is 0.645. The zero-order chi connectivity index (χ0) is 11.6. The van der Waals surface area contributed by atoms with Gasteiger partial charge in [0.05, 0.1) is 5.56 Å². The van der Waals surface area contributed by atoms with Gasteiger partial charge in [-0.15, -0.1) is 0 Å². The monoisotopic (exact) mass is 270 g/mol. The van der Waals surface area contributed by atoms with E-state index in [1.807, 2.05) is 32.9 Å². The van der Waals surface area contributed by atoms with Crippen molar-refractivity contribution in [2.45, 2.75) is 26.4 Å². The van der Waals surface area contributed by atoms with Crippen LogP contribution in [0.4, 0.5) is 0 Å². The van der Waals surface area contributed by atoms with E-state index in [9.17, 15) is 0 Å². The molecule has 0 bridgehead atoms. The number of ether oxygens (including phenoxy) is 1. The molecule has 1 aromatic rings. The third kappa shape index (κ3) is 3.55. The summed E-state index contributed by atoms with van der Waals surface area (Å²) < 4.78 is 6.63. The predicted octanol–water partition coefficient (Wildman–Crippen LogP) is 2.91. The molecule has 0 aliphatic carbocycles. The molecule has 0 spiro atoms. The Morgan fingerprint density at radius 2 is 2.00 bits per heavy atom. The van der Waals surface area contributed by atoms with Crippen LogP contribution in [0.1, 0.15) is 26.3 Å². The van der Waals surface area contributed by atoms with E-state index in [0.29, 0.717) is 11.3 Å². The topological polar surface area (TPSA) is 59.1 Å². The summed E-state index contributed by atoms with van der Waals surface area (Å²) in [5.41, 5.74) is 5.79. The van der Waals surface area contributed by atoms with Crippen molar-refractivity contribution >= 4 is 21.8 Å². The van der Waals surface area contributed by atoms with Crippen LogP contribution in [0.5, 0.6) is 5.75 Å². The highest BCUT2D eigenvalue weighted by Crippen LogP contribution is 2.26. The van der Waals surface area contributed by atoms with Gasteiger partial charge in [0.25, 0.3) is 0 Å². The third-order valence-corrected chi connectivity index (χ3v) is 2.14. The van der Waals surface area contributed by atoms with E-state index in [2.05, 4.69) is 15.9 Å². The van der Waals surface area contributed by atoms with Gasteiger partial charge in [-0.1, -0.05) is 15.9 Å². The molecule has 0 aliphatic rings. The fourth-order valence-electron chi connectivity index (χ4n) is 1.13. The lowest BCUT2D eigenvalue weighted by Crippen LogP contribution is -2.25. The summed E-state index contributed by atoms with van der Waals surface area (Å²) in [6.07, 6.45) is 0. The number of nitrogens with two attached hydrogens (primary N) is 1. The predicted molar refractivity (Wildman–Crippen MR) is 65.5 cm³/mol. The molecule has 0 heterocycles. The Bertz CT molecular complexity index is 383. The summed E-state index contributed by atoms with van der Waals surface area (Å²) in [4.78, 5) is 0. The van der Waals surface area contributed by atoms with Crippen LogP contribution in [0.2, 0.25) is 0 Å². The van der Waals surface area contributed by atoms with E-state index in [1.54, 1.807) is 6.07 Å². The minimum absolute atomic E-state index is 0.0155. The molecule has 1 rings (SSSR count). The van der Waals surface area contributed by atoms with Crippen LogP contribution in [0, 0.1) is 5.41 Å². The van der Waals surface area contributed by atoms with Crippen molar-refractivity contribution in [1.29, 1.82) is 5.41 Å². The first-order valence-electron chi connectivity index (χ1n) is 4.62. The van der Waals surface area contributed by atoms with Gasteiger partial charge in [0.2, 0.25) is 0 Å². The normalized spacial score (nSPS) is 11.2. The third-order valence-electron chi connectivity index (χ3n) is 1.65. The van der Waals surface area contributed by atoms with E-state index in [0.717, 1.165) is 4.47 Å². The van der Waals surface area contributed by atoms with Crippen LogP contribution in [0.15, 0.2) is 22.7 Å². The zero-order valence-electron chi connectivity index (χ0n) is 9.10. The second-order valence-corrected chi connectivity index (χ2v) is 5.18. The molecule has 4 heteroatoms. The number of hydrogen-bond acceptors (Lipinski definition) is 2. The number of hydrogen-bond donors (Lipinski definition) is 2. The molecule has 15 heavy (non-hydrogen) atoms. The van der Waals surface area contributed by atoms with Crippen molar-refractivity contribution in [2.75, 3.05) is 0 Å². The van der Waals surface area contributed by atoms with Crippen LogP contribution < -0.4 is 10.5 Å². The average molecular weight is 271 g/mol. The molecule has 82 valence electrons. The van der Waals surface area contributed by atoms with Gasteiger partial charge in [0, 0.05) is 4.47 Å². The van der Waals surface area contributed by atoms with E-state index < -0.39 is 0 Å². The Balaban J connectivity index is 3.13. The van der Waals surface area contributed by atoms with Crippen molar-refractivity contribution in [1.82, 2.24) is 0 Å². The first-order valence-corrected chi connectivity index (χ1v) is 5.42. The molecule has 3 nitrogen and oxygen atoms in total. The summed E-state index contributed by atoms with van der Waals surface area (Å²) >= 11 is 3.36. The van der Waals surface area contributed by atoms with Gasteiger partial charge in [0.1, 0.15) is 17.2 Å². The Morgan fingerprint density at radius 1 is 1.40 bits per heavy atom. The Hall–Kier alpha value is -1.03. The molecule has 0 fully saturated rings. The van der Waals surface area contributed by atoms with E-state index in [4.69, 9.17) is 15.9 Å². The number of halogens is 1. The highest BCUT2D eigenvalue weighted by atomic mass is 79.9. The number of nitrogen functional groups attached to an aromatic ring is 1. The standard InChI is InChI=1S/C11H15BrN2O/c1-11(2,3)15-9-6-7(12)4-5-8(9)10(13)14/h4-6H,1-3H3,(H3,13,14). The van der Waals surface area contributed by atoms with Crippen molar-refractivity contribution in [2.24, 2.45) is 5.73 Å². The number of rotatable bonds is 2. The van der Waals surface area contributed by atoms with Gasteiger partial charge in [0.15, 0.2) is 0 Å². The second-order valence-electron chi connectivity index (χ2n) is 4.27. The lowest BCUT2D eigenvalue weighted by Gasteiger charge is -2.23. The lowest BCUT2D eigenvalue weighted by molar-refractivity contribution is 0.130. The van der Waals surface area contributed by atoms with Crippen LogP contribution in [-0.4, -0.2) is 11.4 Å². The van der Waals surface area contributed by atoms with Crippen molar-refractivity contribution in [3.8, 4) is 5.75 Å². The molecule has 1 aromatic carbocycles. The second kappa shape index (κ2) is 4.23. The highest BCUT2D eigenvalue weighted by Gasteiger charge is 2.15. The molecule has 3 N–H and O–H groups in total. The summed E-state index contributed by atoms with van der Waals surface area (Å²) in [6.45, 7) is 5.87. The van der Waals surface area contributed by atoms with Crippen molar-refractivity contribution in [3.63, 3.8) is 0 Å². The van der Waals surface area contributed by atoms with E-state index in [-0.39, 0.29) is 11.4 Å². The molecule has 0 unspecified atom stereocenters. The van der Waals surface area contributed by atoms with Crippen molar-refractivity contribution in [3.05, 3.63) is 28.2 Å². The average Bonchev–Trinajstić information content (AvgIpc) is 1.99. The minimum Gasteiger partial charge on any atom is -0.487 e. The van der Waals surface area contributed by atoms with Gasteiger partial charge >= 0.3 is 0 Å². The first-order chi connectivity index (χ1) is 6.79. The summed E-state index contributed by atoms with van der Waals surface area (Å²) in [6, 6.07) is 5.43. The van der Waals surface area contributed by atoms with Gasteiger partial charge < -0.3 is 10.5 Å². The van der Waals surface area contributed by atoms with Gasteiger partial charge in [-0.3, -0.25) is 5.41 Å². The lowest BCUT2D eigenvalue weighted by atomic mass is 10.1. The molecule has 0 radical (unpaired) electrons. The van der Waals surface area contributed by atoms with Gasteiger partial charge in [-0.05, 0) is 39.0 Å². The largest absolute Gasteiger partial charge is 0.487 e. The SMILES string of the molecule is CC(C)(C)Oc1cc(Br)ccc1C(=N)N. The number of nitrogens with one attached hydrogen (secondary N) is 1.